The summed E-state index contributed by atoms with van der Waals surface area (Å²) in [5.41, 5.74) is 3.81. The predicted molar refractivity (Wildman–Crippen MR) is 128 cm³/mol. The van der Waals surface area contributed by atoms with Gasteiger partial charge in [0.2, 0.25) is 0 Å². The van der Waals surface area contributed by atoms with Gasteiger partial charge < -0.3 is 0 Å². The maximum Gasteiger partial charge on any atom is 0.568 e. The van der Waals surface area contributed by atoms with Crippen LogP contribution in [0.15, 0.2) is 36.8 Å². The van der Waals surface area contributed by atoms with Crippen LogP contribution in [0.2, 0.25) is 0 Å². The van der Waals surface area contributed by atoms with Crippen molar-refractivity contribution in [3.8, 4) is 0 Å². The van der Waals surface area contributed by atoms with E-state index in [1.54, 1.807) is 0 Å². The lowest BCUT2D eigenvalue weighted by molar-refractivity contribution is 0.405. The minimum atomic E-state index is -0.267. The van der Waals surface area contributed by atoms with E-state index in [1.165, 1.54) is 0 Å². The van der Waals surface area contributed by atoms with Gasteiger partial charge in [-0.25, -0.2) is 0 Å². The van der Waals surface area contributed by atoms with Gasteiger partial charge in [-0.05, 0) is 53.7 Å². The second-order valence-corrected chi connectivity index (χ2v) is 12.4. The van der Waals surface area contributed by atoms with Gasteiger partial charge >= 0.3 is 7.12 Å². The molecule has 0 saturated carbocycles. The Labute approximate surface area is 188 Å². The second kappa shape index (κ2) is 8.32. The lowest BCUT2D eigenvalue weighted by atomic mass is 9.91. The van der Waals surface area contributed by atoms with Gasteiger partial charge in [0, 0.05) is 18.6 Å². The van der Waals surface area contributed by atoms with Gasteiger partial charge in [0.1, 0.15) is 0 Å². The van der Waals surface area contributed by atoms with Gasteiger partial charge in [0.15, 0.2) is 0 Å². The Hall–Kier alpha value is -2.31. The van der Waals surface area contributed by atoms with Crippen LogP contribution in [0.4, 0.5) is 0 Å². The van der Waals surface area contributed by atoms with Crippen molar-refractivity contribution in [1.82, 2.24) is 29.1 Å². The molecule has 3 aromatic heterocycles. The maximum absolute atomic E-state index is 4.91. The van der Waals surface area contributed by atoms with E-state index in [2.05, 4.69) is 80.5 Å². The molecule has 3 rings (SSSR count). The molecule has 0 bridgehead atoms. The molecule has 0 saturated heterocycles. The van der Waals surface area contributed by atoms with Crippen LogP contribution in [0.5, 0.6) is 0 Å². The fourth-order valence-corrected chi connectivity index (χ4v) is 3.79. The molecule has 0 atom stereocenters. The summed E-state index contributed by atoms with van der Waals surface area (Å²) >= 11 is 0. The van der Waals surface area contributed by atoms with Crippen LogP contribution in [-0.2, 0) is 19.3 Å². The minimum absolute atomic E-state index is 0.186. The number of hydrogen-bond donors (Lipinski definition) is 0. The normalized spacial score (nSPS) is 13.1. The summed E-state index contributed by atoms with van der Waals surface area (Å²) in [6, 6.07) is 6.33. The molecule has 0 N–H and O–H groups in total. The number of nitrogens with zero attached hydrogens (tertiary/aromatic N) is 6. The Morgan fingerprint density at radius 2 is 0.806 bits per heavy atom. The summed E-state index contributed by atoms with van der Waals surface area (Å²) in [7, 11) is -0.267. The summed E-state index contributed by atoms with van der Waals surface area (Å²) in [6.45, 7) is 20.1. The summed E-state index contributed by atoms with van der Waals surface area (Å²) < 4.78 is 5.93. The summed E-state index contributed by atoms with van der Waals surface area (Å²) in [5, 5.41) is 14.7. The zero-order chi connectivity index (χ0) is 23.0. The van der Waals surface area contributed by atoms with Crippen molar-refractivity contribution in [2.75, 3.05) is 0 Å². The van der Waals surface area contributed by atoms with E-state index >= 15 is 0 Å². The third-order valence-electron chi connectivity index (χ3n) is 4.83. The van der Waals surface area contributed by atoms with Crippen LogP contribution < -0.4 is 0 Å². The molecule has 0 aliphatic carbocycles. The van der Waals surface area contributed by atoms with Gasteiger partial charge in [0.05, 0.1) is 17.1 Å². The van der Waals surface area contributed by atoms with Crippen molar-refractivity contribution in [3.63, 3.8) is 0 Å². The Bertz CT molecular complexity index is 861. The quantitative estimate of drug-likeness (QED) is 0.527. The van der Waals surface area contributed by atoms with E-state index in [0.717, 1.165) is 36.3 Å². The molecule has 31 heavy (non-hydrogen) atoms. The highest BCUT2D eigenvalue weighted by molar-refractivity contribution is 6.52. The van der Waals surface area contributed by atoms with E-state index in [4.69, 9.17) is 15.3 Å². The van der Waals surface area contributed by atoms with Crippen LogP contribution in [0.25, 0.3) is 0 Å². The molecule has 3 heterocycles. The SMILES string of the molecule is CC(C)(C)Cc1ccn(B(n2ccc(CC(C)(C)C)n2)n2ccc(CC(C)(C)C)n2)n1. The average Bonchev–Trinajstić information content (AvgIpc) is 3.27. The molecule has 0 aliphatic rings. The fourth-order valence-electron chi connectivity index (χ4n) is 3.79. The van der Waals surface area contributed by atoms with Gasteiger partial charge in [-0.15, -0.1) is 0 Å². The van der Waals surface area contributed by atoms with Crippen molar-refractivity contribution in [1.29, 1.82) is 0 Å². The lowest BCUT2D eigenvalue weighted by Gasteiger charge is -2.18. The molecule has 0 spiro atoms. The highest BCUT2D eigenvalue weighted by Crippen LogP contribution is 2.22. The zero-order valence-corrected chi connectivity index (χ0v) is 20.8. The van der Waals surface area contributed by atoms with Gasteiger partial charge in [-0.3, -0.25) is 13.8 Å². The summed E-state index contributed by atoms with van der Waals surface area (Å²) in [5.74, 6) is 0. The molecule has 6 nitrogen and oxygen atoms in total. The first-order chi connectivity index (χ1) is 14.2. The molecule has 7 heteroatoms. The fraction of sp³-hybridized carbons (Fsp3) is 0.625. The van der Waals surface area contributed by atoms with E-state index in [-0.39, 0.29) is 23.4 Å². The Kier molecular flexibility index (Phi) is 6.27. The molecular formula is C24H39BN6. The molecular weight excluding hydrogens is 383 g/mol. The van der Waals surface area contributed by atoms with Crippen molar-refractivity contribution >= 4 is 7.12 Å². The third-order valence-corrected chi connectivity index (χ3v) is 4.83. The van der Waals surface area contributed by atoms with Crippen molar-refractivity contribution in [2.45, 2.75) is 81.6 Å². The molecule has 168 valence electrons. The zero-order valence-electron chi connectivity index (χ0n) is 20.8. The van der Waals surface area contributed by atoms with Crippen LogP contribution in [0.1, 0.15) is 79.4 Å². The van der Waals surface area contributed by atoms with Crippen molar-refractivity contribution in [2.24, 2.45) is 16.2 Å². The first-order valence-electron chi connectivity index (χ1n) is 11.3. The van der Waals surface area contributed by atoms with E-state index in [1.807, 2.05) is 32.4 Å². The van der Waals surface area contributed by atoms with Crippen molar-refractivity contribution in [3.05, 3.63) is 53.9 Å². The summed E-state index contributed by atoms with van der Waals surface area (Å²) in [6.07, 6.45) is 8.91. The van der Waals surface area contributed by atoms with E-state index in [0.29, 0.717) is 0 Å². The monoisotopic (exact) mass is 422 g/mol. The Balaban J connectivity index is 1.97. The highest BCUT2D eigenvalue weighted by atomic mass is 15.4. The molecule has 3 aromatic rings. The largest absolute Gasteiger partial charge is 0.568 e. The molecule has 0 amide bonds. The second-order valence-electron chi connectivity index (χ2n) is 12.4. The van der Waals surface area contributed by atoms with Gasteiger partial charge in [-0.1, -0.05) is 62.3 Å². The molecule has 0 aromatic carbocycles. The van der Waals surface area contributed by atoms with Crippen LogP contribution in [0, 0.1) is 16.2 Å². The summed E-state index contributed by atoms with van der Waals surface area (Å²) in [4.78, 5) is 0. The maximum atomic E-state index is 4.91. The molecule has 0 aliphatic heterocycles. The third kappa shape index (κ3) is 6.84. The minimum Gasteiger partial charge on any atom is -0.268 e. The Morgan fingerprint density at radius 1 is 0.548 bits per heavy atom. The number of aromatic nitrogens is 6. The van der Waals surface area contributed by atoms with Gasteiger partial charge in [0.25, 0.3) is 0 Å². The van der Waals surface area contributed by atoms with Crippen LogP contribution >= 0.6 is 0 Å². The van der Waals surface area contributed by atoms with E-state index in [9.17, 15) is 0 Å². The Morgan fingerprint density at radius 3 is 1.03 bits per heavy atom. The number of hydrogen-bond acceptors (Lipinski definition) is 3. The van der Waals surface area contributed by atoms with Gasteiger partial charge in [-0.2, -0.15) is 15.3 Å². The standard InChI is InChI=1S/C24H39BN6/c1-22(2,3)16-19-10-13-29(26-19)25(30-14-11-20(27-30)17-23(4,5)6)31-15-12-21(28-31)18-24(7,8)9/h10-15H,16-18H2,1-9H3. The molecule has 0 radical (unpaired) electrons. The van der Waals surface area contributed by atoms with E-state index < -0.39 is 0 Å². The average molecular weight is 422 g/mol. The first kappa shape index (κ1) is 23.4. The van der Waals surface area contributed by atoms with Crippen LogP contribution in [0.3, 0.4) is 0 Å². The molecule has 0 unspecified atom stereocenters. The van der Waals surface area contributed by atoms with Crippen molar-refractivity contribution < 1.29 is 0 Å². The first-order valence-corrected chi connectivity index (χ1v) is 11.3. The lowest BCUT2D eigenvalue weighted by Crippen LogP contribution is -2.43. The smallest absolute Gasteiger partial charge is 0.268 e. The predicted octanol–water partition coefficient (Wildman–Crippen LogP) is 4.97. The van der Waals surface area contributed by atoms with Crippen LogP contribution in [-0.4, -0.2) is 36.2 Å². The topological polar surface area (TPSA) is 53.5 Å². The number of rotatable bonds is 6. The molecule has 0 fully saturated rings. The highest BCUT2D eigenvalue weighted by Gasteiger charge is 2.29.